The van der Waals surface area contributed by atoms with Gasteiger partial charge in [-0.3, -0.25) is 0 Å². The van der Waals surface area contributed by atoms with Crippen molar-refractivity contribution in [3.63, 3.8) is 0 Å². The number of aromatic nitrogens is 1. The Kier molecular flexibility index (Phi) is 5.35. The molecule has 0 N–H and O–H groups in total. The number of ether oxygens (including phenoxy) is 3. The van der Waals surface area contributed by atoms with Crippen molar-refractivity contribution in [2.24, 2.45) is 0 Å². The van der Waals surface area contributed by atoms with Crippen molar-refractivity contribution in [2.45, 2.75) is 45.5 Å². The van der Waals surface area contributed by atoms with Gasteiger partial charge in [-0.2, -0.15) is 0 Å². The summed E-state index contributed by atoms with van der Waals surface area (Å²) >= 11 is 0. The van der Waals surface area contributed by atoms with E-state index in [9.17, 15) is 0 Å². The van der Waals surface area contributed by atoms with E-state index in [2.05, 4.69) is 4.98 Å². The SMILES string of the molecule is COc1ccc(OCc2cccnc2OC)c(B2OC(C)(C)C(C)(C)O2)c1. The molecule has 3 rings (SSSR count). The second-order valence-electron chi connectivity index (χ2n) is 7.45. The number of hydrogen-bond acceptors (Lipinski definition) is 6. The number of pyridine rings is 1. The lowest BCUT2D eigenvalue weighted by atomic mass is 9.78. The fourth-order valence-electron chi connectivity index (χ4n) is 2.81. The van der Waals surface area contributed by atoms with E-state index >= 15 is 0 Å². The maximum absolute atomic E-state index is 6.19. The summed E-state index contributed by atoms with van der Waals surface area (Å²) in [7, 11) is 2.68. The normalized spacial score (nSPS) is 17.6. The van der Waals surface area contributed by atoms with Gasteiger partial charge in [0.05, 0.1) is 31.0 Å². The smallest absolute Gasteiger partial charge is 0.497 e. The van der Waals surface area contributed by atoms with E-state index in [0.717, 1.165) is 11.0 Å². The van der Waals surface area contributed by atoms with Crippen molar-refractivity contribution in [1.82, 2.24) is 4.98 Å². The molecule has 0 radical (unpaired) electrons. The van der Waals surface area contributed by atoms with Gasteiger partial charge in [0, 0.05) is 11.7 Å². The van der Waals surface area contributed by atoms with Gasteiger partial charge >= 0.3 is 7.12 Å². The van der Waals surface area contributed by atoms with Crippen molar-refractivity contribution in [3.8, 4) is 17.4 Å². The standard InChI is InChI=1S/C20H26BNO5/c1-19(2)20(3,4)27-21(26-19)16-12-15(23-5)9-10-17(16)25-13-14-8-7-11-22-18(14)24-6/h7-12H,13H2,1-6H3. The van der Waals surface area contributed by atoms with Gasteiger partial charge in [-0.15, -0.1) is 0 Å². The molecule has 0 aliphatic carbocycles. The third-order valence-corrected chi connectivity index (χ3v) is 5.15. The van der Waals surface area contributed by atoms with Crippen LogP contribution in [0.2, 0.25) is 0 Å². The summed E-state index contributed by atoms with van der Waals surface area (Å²) < 4.78 is 29.1. The van der Waals surface area contributed by atoms with Gasteiger partial charge in [0.25, 0.3) is 0 Å². The molecule has 0 amide bonds. The summed E-state index contributed by atoms with van der Waals surface area (Å²) in [6.45, 7) is 8.40. The molecular formula is C20H26BNO5. The first-order valence-electron chi connectivity index (χ1n) is 8.91. The Morgan fingerprint density at radius 3 is 2.33 bits per heavy atom. The Morgan fingerprint density at radius 1 is 1.00 bits per heavy atom. The van der Waals surface area contributed by atoms with Crippen LogP contribution in [-0.4, -0.2) is 37.5 Å². The average Bonchev–Trinajstić information content (AvgIpc) is 2.87. The van der Waals surface area contributed by atoms with Crippen LogP contribution in [0.15, 0.2) is 36.5 Å². The van der Waals surface area contributed by atoms with Crippen LogP contribution in [0.3, 0.4) is 0 Å². The molecule has 2 aromatic rings. The topological polar surface area (TPSA) is 59.0 Å². The lowest BCUT2D eigenvalue weighted by Crippen LogP contribution is -2.41. The lowest BCUT2D eigenvalue weighted by Gasteiger charge is -2.32. The summed E-state index contributed by atoms with van der Waals surface area (Å²) in [5.74, 6) is 1.93. The highest BCUT2D eigenvalue weighted by molar-refractivity contribution is 6.63. The fraction of sp³-hybridized carbons (Fsp3) is 0.450. The van der Waals surface area contributed by atoms with Gasteiger partial charge in [0.15, 0.2) is 0 Å². The van der Waals surface area contributed by atoms with Crippen LogP contribution in [-0.2, 0) is 15.9 Å². The van der Waals surface area contributed by atoms with E-state index in [1.807, 2.05) is 58.0 Å². The minimum absolute atomic E-state index is 0.315. The van der Waals surface area contributed by atoms with Crippen LogP contribution in [0.4, 0.5) is 0 Å². The first-order chi connectivity index (χ1) is 12.8. The van der Waals surface area contributed by atoms with Gasteiger partial charge in [-0.05, 0) is 58.0 Å². The molecule has 0 unspecified atom stereocenters. The van der Waals surface area contributed by atoms with E-state index in [1.54, 1.807) is 20.4 Å². The average molecular weight is 371 g/mol. The molecule has 1 aliphatic rings. The number of benzene rings is 1. The fourth-order valence-corrected chi connectivity index (χ4v) is 2.81. The molecule has 6 nitrogen and oxygen atoms in total. The molecule has 2 heterocycles. The zero-order chi connectivity index (χ0) is 19.7. The van der Waals surface area contributed by atoms with Crippen LogP contribution < -0.4 is 19.7 Å². The third kappa shape index (κ3) is 3.89. The van der Waals surface area contributed by atoms with Crippen molar-refractivity contribution in [1.29, 1.82) is 0 Å². The molecule has 1 aromatic heterocycles. The molecule has 1 aromatic carbocycles. The van der Waals surface area contributed by atoms with Crippen LogP contribution in [0.1, 0.15) is 33.3 Å². The molecule has 0 saturated carbocycles. The molecule has 0 bridgehead atoms. The maximum atomic E-state index is 6.19. The molecule has 144 valence electrons. The van der Waals surface area contributed by atoms with Gasteiger partial charge in [0.2, 0.25) is 5.88 Å². The van der Waals surface area contributed by atoms with E-state index in [-0.39, 0.29) is 0 Å². The van der Waals surface area contributed by atoms with Crippen molar-refractivity contribution < 1.29 is 23.5 Å². The van der Waals surface area contributed by atoms with E-state index in [1.165, 1.54) is 0 Å². The Labute approximate surface area is 160 Å². The van der Waals surface area contributed by atoms with Gasteiger partial charge in [0.1, 0.15) is 18.1 Å². The molecule has 1 aliphatic heterocycles. The monoisotopic (exact) mass is 371 g/mol. The molecule has 7 heteroatoms. The highest BCUT2D eigenvalue weighted by Crippen LogP contribution is 2.37. The van der Waals surface area contributed by atoms with Crippen molar-refractivity contribution in [2.75, 3.05) is 14.2 Å². The number of methoxy groups -OCH3 is 2. The Morgan fingerprint density at radius 2 is 1.70 bits per heavy atom. The Bertz CT molecular complexity index is 793. The molecule has 27 heavy (non-hydrogen) atoms. The molecule has 0 atom stereocenters. The minimum Gasteiger partial charge on any atom is -0.497 e. The van der Waals surface area contributed by atoms with Gasteiger partial charge in [-0.1, -0.05) is 0 Å². The van der Waals surface area contributed by atoms with E-state index in [4.69, 9.17) is 23.5 Å². The maximum Gasteiger partial charge on any atom is 0.498 e. The first kappa shape index (κ1) is 19.5. The minimum atomic E-state index is -0.545. The summed E-state index contributed by atoms with van der Waals surface area (Å²) in [5.41, 5.74) is 0.765. The zero-order valence-corrected chi connectivity index (χ0v) is 16.7. The van der Waals surface area contributed by atoms with Crippen molar-refractivity contribution >= 4 is 12.6 Å². The summed E-state index contributed by atoms with van der Waals surface area (Å²) in [4.78, 5) is 4.20. The summed E-state index contributed by atoms with van der Waals surface area (Å²) in [5, 5.41) is 0. The molecule has 1 fully saturated rings. The predicted molar refractivity (Wildman–Crippen MR) is 104 cm³/mol. The van der Waals surface area contributed by atoms with Crippen molar-refractivity contribution in [3.05, 3.63) is 42.1 Å². The Balaban J connectivity index is 1.88. The third-order valence-electron chi connectivity index (χ3n) is 5.15. The van der Waals surface area contributed by atoms with E-state index in [0.29, 0.717) is 24.0 Å². The first-order valence-corrected chi connectivity index (χ1v) is 8.91. The zero-order valence-electron chi connectivity index (χ0n) is 16.7. The van der Waals surface area contributed by atoms with Crippen LogP contribution in [0, 0.1) is 0 Å². The second-order valence-corrected chi connectivity index (χ2v) is 7.45. The van der Waals surface area contributed by atoms with Gasteiger partial charge < -0.3 is 23.5 Å². The second kappa shape index (κ2) is 7.41. The number of nitrogens with zero attached hydrogens (tertiary/aromatic N) is 1. The summed E-state index contributed by atoms with van der Waals surface area (Å²) in [6.07, 6.45) is 1.69. The Hall–Kier alpha value is -2.25. The molecular weight excluding hydrogens is 345 g/mol. The largest absolute Gasteiger partial charge is 0.498 e. The summed E-state index contributed by atoms with van der Waals surface area (Å²) in [6, 6.07) is 9.37. The molecule has 0 spiro atoms. The van der Waals surface area contributed by atoms with E-state index < -0.39 is 18.3 Å². The van der Waals surface area contributed by atoms with Crippen LogP contribution in [0.25, 0.3) is 0 Å². The van der Waals surface area contributed by atoms with Crippen LogP contribution >= 0.6 is 0 Å². The number of hydrogen-bond donors (Lipinski definition) is 0. The predicted octanol–water partition coefficient (Wildman–Crippen LogP) is 2.98. The molecule has 1 saturated heterocycles. The van der Waals surface area contributed by atoms with Gasteiger partial charge in [-0.25, -0.2) is 4.98 Å². The quantitative estimate of drug-likeness (QED) is 0.728. The number of rotatable bonds is 6. The van der Waals surface area contributed by atoms with Crippen LogP contribution in [0.5, 0.6) is 17.4 Å². The lowest BCUT2D eigenvalue weighted by molar-refractivity contribution is 0.00578. The highest BCUT2D eigenvalue weighted by Gasteiger charge is 2.52. The highest BCUT2D eigenvalue weighted by atomic mass is 16.7.